The summed E-state index contributed by atoms with van der Waals surface area (Å²) in [6.45, 7) is 2.15. The zero-order chi connectivity index (χ0) is 35.5. The van der Waals surface area contributed by atoms with Gasteiger partial charge in [-0.3, -0.25) is 0 Å². The Balaban J connectivity index is 0.000000159. The van der Waals surface area contributed by atoms with Gasteiger partial charge in [-0.2, -0.15) is 0 Å². The predicted octanol–water partition coefficient (Wildman–Crippen LogP) is 5.34. The fourth-order valence-electron chi connectivity index (χ4n) is 5.72. The minimum Gasteiger partial charge on any atom is -0.394 e. The van der Waals surface area contributed by atoms with Gasteiger partial charge < -0.3 is 35.9 Å². The van der Waals surface area contributed by atoms with E-state index in [9.17, 15) is 15.3 Å². The first-order valence-electron chi connectivity index (χ1n) is 16.0. The van der Waals surface area contributed by atoms with Crippen molar-refractivity contribution >= 4 is 54.7 Å². The van der Waals surface area contributed by atoms with Crippen molar-refractivity contribution in [2.75, 3.05) is 18.1 Å². The molecule has 0 bridgehead atoms. The van der Waals surface area contributed by atoms with Crippen molar-refractivity contribution in [1.82, 2.24) is 39.0 Å². The van der Waals surface area contributed by atoms with E-state index in [1.807, 2.05) is 81.9 Å². The van der Waals surface area contributed by atoms with Crippen LogP contribution in [0.3, 0.4) is 0 Å². The number of hydrogen-bond acceptors (Lipinski definition) is 13. The number of nitrogens with two attached hydrogens (primary N) is 2. The summed E-state index contributed by atoms with van der Waals surface area (Å²) in [5, 5.41) is 30.6. The second-order valence-electron chi connectivity index (χ2n) is 11.8. The van der Waals surface area contributed by atoms with Gasteiger partial charge >= 0.3 is 0 Å². The quantitative estimate of drug-likeness (QED) is 0.129. The Morgan fingerprint density at radius 3 is 1.51 bits per heavy atom. The standard InChI is InChI=1S/C18H17N5O2S.C18H17N5OS/c19-17-13-6-14(26-18(13)21-9-20-17)16-15(11-4-2-1-3-5-11)22-10-23(16)7-12(25)8-24;1-11(24)8-23-10-22-15(12-5-3-2-4-6-12)16(23)14-7-13-17(19)20-9-21-18(13)25-14/h1-6,9-10,12,24-25H,7-8H2,(H2,19,20,21);2-7,9-11,24H,8H2,1H3,(H2,19,20,21). The van der Waals surface area contributed by atoms with Crippen LogP contribution < -0.4 is 11.5 Å². The predicted molar refractivity (Wildman–Crippen MR) is 202 cm³/mol. The molecule has 8 rings (SSSR count). The number of fused-ring (bicyclic) bond motifs is 2. The van der Waals surface area contributed by atoms with Gasteiger partial charge in [-0.05, 0) is 19.1 Å². The molecule has 8 aromatic rings. The minimum atomic E-state index is -0.870. The highest BCUT2D eigenvalue weighted by Gasteiger charge is 2.21. The molecule has 0 aliphatic rings. The van der Waals surface area contributed by atoms with E-state index >= 15 is 0 Å². The maximum Gasteiger partial charge on any atom is 0.135 e. The van der Waals surface area contributed by atoms with Crippen LogP contribution in [0.1, 0.15) is 6.92 Å². The maximum atomic E-state index is 9.91. The molecule has 0 saturated heterocycles. The molecule has 13 nitrogen and oxygen atoms in total. The van der Waals surface area contributed by atoms with E-state index < -0.39 is 12.2 Å². The topological polar surface area (TPSA) is 200 Å². The van der Waals surface area contributed by atoms with Crippen molar-refractivity contribution in [3.05, 3.63) is 98.1 Å². The number of thiophene rings is 2. The van der Waals surface area contributed by atoms with Crippen molar-refractivity contribution < 1.29 is 15.3 Å². The summed E-state index contributed by atoms with van der Waals surface area (Å²) in [6, 6.07) is 23.8. The van der Waals surface area contributed by atoms with Gasteiger partial charge in [0.2, 0.25) is 0 Å². The van der Waals surface area contributed by atoms with E-state index in [2.05, 4.69) is 29.9 Å². The van der Waals surface area contributed by atoms with E-state index in [-0.39, 0.29) is 13.2 Å². The second kappa shape index (κ2) is 14.7. The molecule has 15 heteroatoms. The van der Waals surface area contributed by atoms with Crippen LogP contribution in [0.4, 0.5) is 11.6 Å². The highest BCUT2D eigenvalue weighted by atomic mass is 32.1. The average molecular weight is 719 g/mol. The number of nitrogen functional groups attached to an aromatic ring is 2. The van der Waals surface area contributed by atoms with Gasteiger partial charge in [-0.25, -0.2) is 29.9 Å². The third-order valence-corrected chi connectivity index (χ3v) is 10.1. The molecule has 51 heavy (non-hydrogen) atoms. The van der Waals surface area contributed by atoms with Crippen LogP contribution in [0.5, 0.6) is 0 Å². The summed E-state index contributed by atoms with van der Waals surface area (Å²) >= 11 is 3.04. The Morgan fingerprint density at radius 2 is 1.10 bits per heavy atom. The SMILES string of the molecule is CC(O)Cn1cnc(-c2ccccc2)c1-c1cc2c(N)ncnc2s1.Nc1ncnc2sc(-c3c(-c4ccccc4)ncn3CC(O)CO)cc12. The van der Waals surface area contributed by atoms with E-state index in [0.717, 1.165) is 64.1 Å². The van der Waals surface area contributed by atoms with Crippen molar-refractivity contribution in [2.45, 2.75) is 32.2 Å². The van der Waals surface area contributed by atoms with Crippen LogP contribution in [0.25, 0.3) is 64.1 Å². The van der Waals surface area contributed by atoms with E-state index in [0.29, 0.717) is 18.2 Å². The van der Waals surface area contributed by atoms with Gasteiger partial charge in [0.1, 0.15) is 34.0 Å². The van der Waals surface area contributed by atoms with Crippen LogP contribution in [0.2, 0.25) is 0 Å². The highest BCUT2D eigenvalue weighted by molar-refractivity contribution is 7.22. The van der Waals surface area contributed by atoms with Crippen molar-refractivity contribution in [3.8, 4) is 43.7 Å². The molecule has 2 unspecified atom stereocenters. The Morgan fingerprint density at radius 1 is 0.647 bits per heavy atom. The molecular formula is C36H34N10O3S2. The molecule has 0 amide bonds. The van der Waals surface area contributed by atoms with Crippen LogP contribution in [0, 0.1) is 0 Å². The lowest BCUT2D eigenvalue weighted by atomic mass is 10.1. The van der Waals surface area contributed by atoms with Gasteiger partial charge in [0, 0.05) is 17.7 Å². The lowest BCUT2D eigenvalue weighted by Crippen LogP contribution is -2.19. The number of nitrogens with zero attached hydrogens (tertiary/aromatic N) is 8. The summed E-state index contributed by atoms with van der Waals surface area (Å²) in [5.41, 5.74) is 17.4. The fraction of sp³-hybridized carbons (Fsp3) is 0.167. The molecule has 6 heterocycles. The summed E-state index contributed by atoms with van der Waals surface area (Å²) < 4.78 is 3.82. The molecule has 258 valence electrons. The maximum absolute atomic E-state index is 9.91. The molecule has 0 aliphatic heterocycles. The number of hydrogen-bond donors (Lipinski definition) is 5. The molecule has 0 spiro atoms. The molecule has 0 radical (unpaired) electrons. The Bertz CT molecular complexity index is 2400. The first-order chi connectivity index (χ1) is 24.8. The number of rotatable bonds is 9. The van der Waals surface area contributed by atoms with Gasteiger partial charge in [0.15, 0.2) is 0 Å². The molecule has 2 atom stereocenters. The summed E-state index contributed by atoms with van der Waals surface area (Å²) in [7, 11) is 0. The first-order valence-corrected chi connectivity index (χ1v) is 17.6. The highest BCUT2D eigenvalue weighted by Crippen LogP contribution is 2.40. The lowest BCUT2D eigenvalue weighted by molar-refractivity contribution is 0.0815. The van der Waals surface area contributed by atoms with Gasteiger partial charge in [-0.15, -0.1) is 22.7 Å². The van der Waals surface area contributed by atoms with E-state index in [1.165, 1.54) is 24.0 Å². The van der Waals surface area contributed by atoms with Crippen molar-refractivity contribution in [3.63, 3.8) is 0 Å². The van der Waals surface area contributed by atoms with E-state index in [4.69, 9.17) is 11.5 Å². The summed E-state index contributed by atoms with van der Waals surface area (Å²) in [6.07, 6.45) is 5.02. The molecule has 7 N–H and O–H groups in total. The molecule has 6 aromatic heterocycles. The third kappa shape index (κ3) is 7.06. The molecule has 2 aromatic carbocycles. The molecule has 0 aliphatic carbocycles. The third-order valence-electron chi connectivity index (χ3n) is 8.04. The first kappa shape index (κ1) is 33.9. The zero-order valence-corrected chi connectivity index (χ0v) is 29.0. The Kier molecular flexibility index (Phi) is 9.78. The number of anilines is 2. The van der Waals surface area contributed by atoms with E-state index in [1.54, 1.807) is 30.9 Å². The Labute approximate surface area is 300 Å². The monoisotopic (exact) mass is 718 g/mol. The molecule has 0 fully saturated rings. The van der Waals surface area contributed by atoms with Crippen molar-refractivity contribution in [1.29, 1.82) is 0 Å². The van der Waals surface area contributed by atoms with Crippen molar-refractivity contribution in [2.24, 2.45) is 0 Å². The second-order valence-corrected chi connectivity index (χ2v) is 13.8. The van der Waals surface area contributed by atoms with Crippen LogP contribution in [0.15, 0.2) is 98.1 Å². The van der Waals surface area contributed by atoms with Crippen LogP contribution >= 0.6 is 22.7 Å². The van der Waals surface area contributed by atoms with Gasteiger partial charge in [0.25, 0.3) is 0 Å². The largest absolute Gasteiger partial charge is 0.394 e. The number of benzene rings is 2. The normalized spacial score (nSPS) is 12.5. The Hall–Kier alpha value is -5.58. The van der Waals surface area contributed by atoms with Gasteiger partial charge in [0.05, 0.1) is 81.3 Å². The lowest BCUT2D eigenvalue weighted by Gasteiger charge is -2.12. The number of aromatic nitrogens is 8. The number of aliphatic hydroxyl groups is 3. The molecule has 0 saturated carbocycles. The fourth-order valence-corrected chi connectivity index (χ4v) is 7.86. The van der Waals surface area contributed by atoms with Gasteiger partial charge in [-0.1, -0.05) is 60.7 Å². The minimum absolute atomic E-state index is 0.237. The number of imidazole rings is 2. The van der Waals surface area contributed by atoms with Crippen LogP contribution in [-0.4, -0.2) is 73.2 Å². The smallest absolute Gasteiger partial charge is 0.135 e. The number of aliphatic hydroxyl groups excluding tert-OH is 3. The summed E-state index contributed by atoms with van der Waals surface area (Å²) in [5.74, 6) is 0.899. The average Bonchev–Trinajstić information content (AvgIpc) is 3.94. The van der Waals surface area contributed by atoms with Crippen LogP contribution in [-0.2, 0) is 13.1 Å². The molecular weight excluding hydrogens is 685 g/mol. The zero-order valence-electron chi connectivity index (χ0n) is 27.4. The summed E-state index contributed by atoms with van der Waals surface area (Å²) in [4.78, 5) is 29.4.